The van der Waals surface area contributed by atoms with Crippen LogP contribution >= 0.6 is 0 Å². The predicted octanol–water partition coefficient (Wildman–Crippen LogP) is 4.50. The molecule has 3 aromatic rings. The molecule has 1 aliphatic rings. The molecule has 35 heavy (non-hydrogen) atoms. The van der Waals surface area contributed by atoms with Gasteiger partial charge >= 0.3 is 6.03 Å². The topological polar surface area (TPSA) is 84.9 Å². The minimum atomic E-state index is -0.726. The summed E-state index contributed by atoms with van der Waals surface area (Å²) in [6.07, 6.45) is 2.20. The van der Waals surface area contributed by atoms with Crippen LogP contribution in [-0.4, -0.2) is 36.0 Å². The van der Waals surface area contributed by atoms with Gasteiger partial charge in [-0.1, -0.05) is 60.2 Å². The number of nitrogens with zero attached hydrogens (tertiary/aromatic N) is 1. The van der Waals surface area contributed by atoms with Gasteiger partial charge in [-0.05, 0) is 48.4 Å². The molecule has 0 aliphatic carbocycles. The number of barbiturate groups is 1. The number of nitrogens with one attached hydrogen (secondary N) is 1. The molecule has 0 radical (unpaired) electrons. The molecule has 0 atom stereocenters. The van der Waals surface area contributed by atoms with Crippen LogP contribution in [0.2, 0.25) is 0 Å². The summed E-state index contributed by atoms with van der Waals surface area (Å²) < 4.78 is 11.4. The molecular formula is C28H26N2O5. The lowest BCUT2D eigenvalue weighted by Gasteiger charge is -2.26. The summed E-state index contributed by atoms with van der Waals surface area (Å²) in [6.45, 7) is 3.14. The third-order valence-corrected chi connectivity index (χ3v) is 5.41. The molecule has 0 spiro atoms. The van der Waals surface area contributed by atoms with E-state index in [0.717, 1.165) is 22.6 Å². The lowest BCUT2D eigenvalue weighted by molar-refractivity contribution is -0.130. The van der Waals surface area contributed by atoms with E-state index in [1.807, 2.05) is 61.5 Å². The van der Waals surface area contributed by atoms with Gasteiger partial charge in [0.25, 0.3) is 11.8 Å². The first-order valence-corrected chi connectivity index (χ1v) is 11.3. The molecule has 4 amide bonds. The third-order valence-electron chi connectivity index (χ3n) is 5.41. The third kappa shape index (κ3) is 6.35. The van der Waals surface area contributed by atoms with E-state index in [2.05, 4.69) is 5.32 Å². The quantitative estimate of drug-likeness (QED) is 0.283. The smallest absolute Gasteiger partial charge is 0.331 e. The molecule has 0 aromatic heterocycles. The summed E-state index contributed by atoms with van der Waals surface area (Å²) in [5.74, 6) is 0.163. The maximum Gasteiger partial charge on any atom is 0.331 e. The average molecular weight is 471 g/mol. The molecule has 7 nitrogen and oxygen atoms in total. The van der Waals surface area contributed by atoms with Crippen LogP contribution in [0.5, 0.6) is 11.5 Å². The van der Waals surface area contributed by atoms with Crippen LogP contribution in [0.3, 0.4) is 0 Å². The van der Waals surface area contributed by atoms with Crippen molar-refractivity contribution in [2.24, 2.45) is 0 Å². The van der Waals surface area contributed by atoms with Crippen molar-refractivity contribution in [3.05, 3.63) is 101 Å². The Bertz CT molecular complexity index is 1220. The number of urea groups is 1. The largest absolute Gasteiger partial charge is 0.493 e. The van der Waals surface area contributed by atoms with E-state index in [-0.39, 0.29) is 12.1 Å². The van der Waals surface area contributed by atoms with Gasteiger partial charge < -0.3 is 9.47 Å². The average Bonchev–Trinajstić information content (AvgIpc) is 2.87. The fraction of sp³-hybridized carbons (Fsp3) is 0.179. The maximum atomic E-state index is 12.9. The number of ether oxygens (including phenoxy) is 2. The van der Waals surface area contributed by atoms with Crippen molar-refractivity contribution < 1.29 is 23.9 Å². The highest BCUT2D eigenvalue weighted by Crippen LogP contribution is 2.19. The lowest BCUT2D eigenvalue weighted by Crippen LogP contribution is -2.53. The summed E-state index contributed by atoms with van der Waals surface area (Å²) in [7, 11) is 0. The highest BCUT2D eigenvalue weighted by Gasteiger charge is 2.35. The number of imide groups is 2. The van der Waals surface area contributed by atoms with Crippen LogP contribution in [0.4, 0.5) is 4.79 Å². The van der Waals surface area contributed by atoms with Gasteiger partial charge in [0.15, 0.2) is 0 Å². The van der Waals surface area contributed by atoms with Gasteiger partial charge in [0.2, 0.25) is 0 Å². The van der Waals surface area contributed by atoms with Gasteiger partial charge in [-0.15, -0.1) is 0 Å². The first-order chi connectivity index (χ1) is 17.0. The minimum absolute atomic E-state index is 0.0799. The van der Waals surface area contributed by atoms with Gasteiger partial charge in [0.05, 0.1) is 19.8 Å². The number of carbonyl (C=O) groups excluding carboxylic acids is 3. The summed E-state index contributed by atoms with van der Waals surface area (Å²) in [5, 5.41) is 2.24. The number of hydrogen-bond donors (Lipinski definition) is 1. The Balaban J connectivity index is 1.32. The number of carbonyl (C=O) groups is 3. The zero-order valence-electron chi connectivity index (χ0n) is 19.4. The normalized spacial score (nSPS) is 14.7. The molecule has 1 aliphatic heterocycles. The number of amides is 4. The second-order valence-corrected chi connectivity index (χ2v) is 8.13. The first-order valence-electron chi connectivity index (χ1n) is 11.3. The van der Waals surface area contributed by atoms with Crippen LogP contribution in [0.15, 0.2) is 84.4 Å². The van der Waals surface area contributed by atoms with Crippen LogP contribution in [0, 0.1) is 6.92 Å². The first kappa shape index (κ1) is 23.8. The van der Waals surface area contributed by atoms with Crippen molar-refractivity contribution in [2.45, 2.75) is 19.9 Å². The maximum absolute atomic E-state index is 12.9. The molecule has 4 rings (SSSR count). The second-order valence-electron chi connectivity index (χ2n) is 8.13. The number of rotatable bonds is 9. The predicted molar refractivity (Wildman–Crippen MR) is 132 cm³/mol. The van der Waals surface area contributed by atoms with E-state index in [1.54, 1.807) is 24.3 Å². The van der Waals surface area contributed by atoms with E-state index >= 15 is 0 Å². The van der Waals surface area contributed by atoms with Crippen LogP contribution in [0.1, 0.15) is 23.1 Å². The monoisotopic (exact) mass is 470 g/mol. The van der Waals surface area contributed by atoms with Crippen LogP contribution in [-0.2, 0) is 16.1 Å². The van der Waals surface area contributed by atoms with Gasteiger partial charge in [0.1, 0.15) is 17.1 Å². The molecule has 0 bridgehead atoms. The highest BCUT2D eigenvalue weighted by molar-refractivity contribution is 6.30. The Morgan fingerprint density at radius 3 is 2.03 bits per heavy atom. The van der Waals surface area contributed by atoms with Crippen molar-refractivity contribution in [1.82, 2.24) is 10.2 Å². The summed E-state index contributed by atoms with van der Waals surface area (Å²) in [4.78, 5) is 38.5. The molecule has 178 valence electrons. The van der Waals surface area contributed by atoms with Crippen molar-refractivity contribution in [3.8, 4) is 11.5 Å². The zero-order valence-corrected chi connectivity index (χ0v) is 19.4. The second kappa shape index (κ2) is 11.2. The Morgan fingerprint density at radius 2 is 1.40 bits per heavy atom. The van der Waals surface area contributed by atoms with E-state index in [1.165, 1.54) is 11.6 Å². The van der Waals surface area contributed by atoms with E-state index in [4.69, 9.17) is 9.47 Å². The van der Waals surface area contributed by atoms with E-state index < -0.39 is 17.8 Å². The standard InChI is InChI=1S/C28H26N2O5/c1-20-8-12-23(13-9-20)34-16-5-17-35-24-14-10-21(11-15-24)18-25-26(31)29-28(33)30(27(25)32)19-22-6-3-2-4-7-22/h2-4,6-15,18H,5,16-17,19H2,1H3,(H,29,31,33)/b25-18+. The van der Waals surface area contributed by atoms with E-state index in [0.29, 0.717) is 24.5 Å². The molecule has 7 heteroatoms. The van der Waals surface area contributed by atoms with Gasteiger partial charge in [-0.2, -0.15) is 0 Å². The Kier molecular flexibility index (Phi) is 7.57. The summed E-state index contributed by atoms with van der Waals surface area (Å²) in [5.41, 5.74) is 2.52. The molecule has 1 N–H and O–H groups in total. The van der Waals surface area contributed by atoms with Crippen LogP contribution < -0.4 is 14.8 Å². The van der Waals surface area contributed by atoms with Crippen molar-refractivity contribution in [3.63, 3.8) is 0 Å². The van der Waals surface area contributed by atoms with Gasteiger partial charge in [-0.3, -0.25) is 19.8 Å². The number of aryl methyl sites for hydroxylation is 1. The number of benzene rings is 3. The molecule has 1 saturated heterocycles. The fourth-order valence-electron chi connectivity index (χ4n) is 3.50. The SMILES string of the molecule is Cc1ccc(OCCCOc2ccc(/C=C3\C(=O)NC(=O)N(Cc4ccccc4)C3=O)cc2)cc1. The van der Waals surface area contributed by atoms with Gasteiger partial charge in [0, 0.05) is 6.42 Å². The highest BCUT2D eigenvalue weighted by atomic mass is 16.5. The van der Waals surface area contributed by atoms with Crippen LogP contribution in [0.25, 0.3) is 6.08 Å². The van der Waals surface area contributed by atoms with Crippen molar-refractivity contribution in [2.75, 3.05) is 13.2 Å². The lowest BCUT2D eigenvalue weighted by atomic mass is 10.1. The van der Waals surface area contributed by atoms with Crippen molar-refractivity contribution >= 4 is 23.9 Å². The van der Waals surface area contributed by atoms with Crippen molar-refractivity contribution in [1.29, 1.82) is 0 Å². The fourth-order valence-corrected chi connectivity index (χ4v) is 3.50. The molecule has 3 aromatic carbocycles. The molecule has 0 unspecified atom stereocenters. The Morgan fingerprint density at radius 1 is 0.800 bits per heavy atom. The van der Waals surface area contributed by atoms with E-state index in [9.17, 15) is 14.4 Å². The molecule has 1 fully saturated rings. The molecule has 1 heterocycles. The molecule has 0 saturated carbocycles. The minimum Gasteiger partial charge on any atom is -0.493 e. The zero-order chi connectivity index (χ0) is 24.6. The van der Waals surface area contributed by atoms with Gasteiger partial charge in [-0.25, -0.2) is 4.79 Å². The Labute approximate surface area is 204 Å². The summed E-state index contributed by atoms with van der Waals surface area (Å²) in [6, 6.07) is 23.3. The molecular weight excluding hydrogens is 444 g/mol. The number of hydrogen-bond acceptors (Lipinski definition) is 5. The Hall–Kier alpha value is -4.39. The summed E-state index contributed by atoms with van der Waals surface area (Å²) >= 11 is 0.